The second kappa shape index (κ2) is 8.29. The van der Waals surface area contributed by atoms with Gasteiger partial charge in [0.05, 0.1) is 0 Å². The molecule has 31 heavy (non-hydrogen) atoms. The van der Waals surface area contributed by atoms with E-state index in [2.05, 4.69) is 36.8 Å². The zero-order valence-corrected chi connectivity index (χ0v) is 17.5. The highest BCUT2D eigenvalue weighted by atomic mass is 16.4. The predicted octanol–water partition coefficient (Wildman–Crippen LogP) is 2.24. The summed E-state index contributed by atoms with van der Waals surface area (Å²) in [7, 11) is 0. The van der Waals surface area contributed by atoms with Crippen LogP contribution in [0.5, 0.6) is 0 Å². The number of aromatic nitrogens is 4. The number of nitrogens with zero attached hydrogens (tertiary/aromatic N) is 5. The molecular weight excluding hydrogens is 398 g/mol. The summed E-state index contributed by atoms with van der Waals surface area (Å²) in [6.07, 6.45) is 6.95. The number of H-pyrrole nitrogens is 1. The van der Waals surface area contributed by atoms with Crippen LogP contribution in [0, 0.1) is 5.92 Å². The van der Waals surface area contributed by atoms with Crippen LogP contribution in [0.3, 0.4) is 0 Å². The zero-order valence-electron chi connectivity index (χ0n) is 17.5. The van der Waals surface area contributed by atoms with Gasteiger partial charge in [0.15, 0.2) is 17.0 Å². The Labute approximate surface area is 179 Å². The first kappa shape index (κ1) is 20.7. The highest BCUT2D eigenvalue weighted by Gasteiger charge is 2.44. The number of imidazole rings is 1. The molecule has 2 atom stereocenters. The third-order valence-electron chi connectivity index (χ3n) is 5.43. The van der Waals surface area contributed by atoms with Crippen molar-refractivity contribution < 1.29 is 14.7 Å². The predicted molar refractivity (Wildman–Crippen MR) is 117 cm³/mol. The van der Waals surface area contributed by atoms with Crippen molar-refractivity contribution in [3.63, 3.8) is 0 Å². The van der Waals surface area contributed by atoms with Gasteiger partial charge in [-0.25, -0.2) is 19.7 Å². The standard InChI is InChI=1S/C21H25N7O3/c1-4-12(8-22-11(2)3)17-26-16-18(23-10-24-19(16)27-17)25-14-7-15(21(30)31)28(9-14)20(29)13-5-6-13/h4,8,10,13-15H,2,5-7,9H2,1,3H3,(H,30,31)(H2,23,24,25,26,27)/b12-4+,22-8-. The van der Waals surface area contributed by atoms with Crippen LogP contribution in [0.4, 0.5) is 5.82 Å². The van der Waals surface area contributed by atoms with Gasteiger partial charge in [0.25, 0.3) is 0 Å². The minimum Gasteiger partial charge on any atom is -0.480 e. The molecule has 3 heterocycles. The molecule has 10 nitrogen and oxygen atoms in total. The summed E-state index contributed by atoms with van der Waals surface area (Å²) in [5.41, 5.74) is 2.55. The molecule has 2 fully saturated rings. The number of hydrogen-bond acceptors (Lipinski definition) is 7. The van der Waals surface area contributed by atoms with E-state index in [1.165, 1.54) is 11.2 Å². The number of fused-ring (bicyclic) bond motifs is 1. The lowest BCUT2D eigenvalue weighted by Crippen LogP contribution is -2.41. The fourth-order valence-corrected chi connectivity index (χ4v) is 3.70. The van der Waals surface area contributed by atoms with Crippen LogP contribution in [-0.2, 0) is 9.59 Å². The summed E-state index contributed by atoms with van der Waals surface area (Å²) in [4.78, 5) is 46.3. The molecular formula is C21H25N7O3. The lowest BCUT2D eigenvalue weighted by Gasteiger charge is -2.21. The molecule has 4 rings (SSSR count). The third-order valence-corrected chi connectivity index (χ3v) is 5.43. The molecule has 2 aromatic heterocycles. The van der Waals surface area contributed by atoms with Crippen molar-refractivity contribution in [2.75, 3.05) is 11.9 Å². The summed E-state index contributed by atoms with van der Waals surface area (Å²) in [5.74, 6) is 0.00489. The molecule has 0 aromatic carbocycles. The molecule has 1 saturated carbocycles. The number of anilines is 1. The fourth-order valence-electron chi connectivity index (χ4n) is 3.70. The normalized spacial score (nSPS) is 21.7. The number of amides is 1. The van der Waals surface area contributed by atoms with E-state index in [1.54, 1.807) is 13.1 Å². The second-order valence-corrected chi connectivity index (χ2v) is 7.94. The van der Waals surface area contributed by atoms with Crippen LogP contribution < -0.4 is 5.32 Å². The Morgan fingerprint density at radius 3 is 2.81 bits per heavy atom. The highest BCUT2D eigenvalue weighted by Crippen LogP contribution is 2.34. The van der Waals surface area contributed by atoms with Gasteiger partial charge in [-0.2, -0.15) is 0 Å². The van der Waals surface area contributed by atoms with Crippen molar-refractivity contribution in [3.8, 4) is 0 Å². The van der Waals surface area contributed by atoms with Crippen LogP contribution in [0.25, 0.3) is 16.7 Å². The Balaban J connectivity index is 1.57. The van der Waals surface area contributed by atoms with Gasteiger partial charge in [0.2, 0.25) is 5.91 Å². The summed E-state index contributed by atoms with van der Waals surface area (Å²) in [6.45, 7) is 7.77. The Kier molecular flexibility index (Phi) is 5.53. The number of allylic oxidation sites excluding steroid dienone is 3. The molecule has 10 heteroatoms. The first-order valence-corrected chi connectivity index (χ1v) is 10.2. The number of nitrogens with one attached hydrogen (secondary N) is 2. The number of likely N-dealkylation sites (tertiary alicyclic amines) is 1. The van der Waals surface area contributed by atoms with E-state index in [9.17, 15) is 14.7 Å². The molecule has 1 amide bonds. The third kappa shape index (κ3) is 4.32. The van der Waals surface area contributed by atoms with Crippen molar-refractivity contribution in [2.24, 2.45) is 10.9 Å². The highest BCUT2D eigenvalue weighted by molar-refractivity contribution is 6.09. The molecule has 162 valence electrons. The lowest BCUT2D eigenvalue weighted by molar-refractivity contribution is -0.148. The van der Waals surface area contributed by atoms with Gasteiger partial charge in [-0.1, -0.05) is 12.7 Å². The van der Waals surface area contributed by atoms with Crippen LogP contribution in [0.15, 0.2) is 29.7 Å². The van der Waals surface area contributed by atoms with Gasteiger partial charge in [0, 0.05) is 42.4 Å². The minimum absolute atomic E-state index is 0.0274. The number of aliphatic carboxylic acids is 1. The van der Waals surface area contributed by atoms with E-state index in [0.717, 1.165) is 18.4 Å². The lowest BCUT2D eigenvalue weighted by atomic mass is 10.1. The molecule has 2 unspecified atom stereocenters. The average Bonchev–Trinajstić information content (AvgIpc) is 3.34. The van der Waals surface area contributed by atoms with Gasteiger partial charge in [-0.05, 0) is 26.7 Å². The molecule has 1 aliphatic heterocycles. The molecule has 2 aromatic rings. The quantitative estimate of drug-likeness (QED) is 0.581. The van der Waals surface area contributed by atoms with Crippen LogP contribution in [0.2, 0.25) is 0 Å². The maximum Gasteiger partial charge on any atom is 0.326 e. The topological polar surface area (TPSA) is 136 Å². The number of aliphatic imine (C=N–C) groups is 1. The van der Waals surface area contributed by atoms with E-state index in [4.69, 9.17) is 0 Å². The van der Waals surface area contributed by atoms with E-state index in [0.29, 0.717) is 41.5 Å². The Hall–Kier alpha value is -3.56. The molecule has 1 saturated heterocycles. The number of rotatable bonds is 7. The van der Waals surface area contributed by atoms with E-state index in [-0.39, 0.29) is 17.9 Å². The molecule has 0 spiro atoms. The number of carbonyl (C=O) groups excluding carboxylic acids is 1. The van der Waals surface area contributed by atoms with E-state index in [1.807, 2.05) is 13.0 Å². The number of carboxylic acids is 1. The molecule has 2 aliphatic rings. The van der Waals surface area contributed by atoms with Gasteiger partial charge >= 0.3 is 5.97 Å². The smallest absolute Gasteiger partial charge is 0.326 e. The van der Waals surface area contributed by atoms with Crippen molar-refractivity contribution >= 4 is 40.6 Å². The van der Waals surface area contributed by atoms with Crippen molar-refractivity contribution in [2.45, 2.75) is 45.2 Å². The number of carboxylic acid groups (broad SMARTS) is 1. The maximum absolute atomic E-state index is 12.5. The van der Waals surface area contributed by atoms with Gasteiger partial charge < -0.3 is 20.3 Å². The van der Waals surface area contributed by atoms with Gasteiger partial charge in [-0.15, -0.1) is 0 Å². The Morgan fingerprint density at radius 1 is 1.39 bits per heavy atom. The molecule has 3 N–H and O–H groups in total. The largest absolute Gasteiger partial charge is 0.480 e. The van der Waals surface area contributed by atoms with Gasteiger partial charge in [-0.3, -0.25) is 9.79 Å². The summed E-state index contributed by atoms with van der Waals surface area (Å²) < 4.78 is 0. The molecule has 0 bridgehead atoms. The van der Waals surface area contributed by atoms with E-state index >= 15 is 0 Å². The Bertz CT molecular complexity index is 1100. The maximum atomic E-state index is 12.5. The van der Waals surface area contributed by atoms with Crippen LogP contribution in [0.1, 0.15) is 38.9 Å². The fraction of sp³-hybridized carbons (Fsp3) is 0.429. The number of hydrogen-bond donors (Lipinski definition) is 3. The average molecular weight is 423 g/mol. The molecule has 0 radical (unpaired) electrons. The summed E-state index contributed by atoms with van der Waals surface area (Å²) in [6, 6.07) is -1.07. The summed E-state index contributed by atoms with van der Waals surface area (Å²) >= 11 is 0. The first-order chi connectivity index (χ1) is 14.9. The van der Waals surface area contributed by atoms with E-state index < -0.39 is 12.0 Å². The number of aromatic amines is 1. The first-order valence-electron chi connectivity index (χ1n) is 10.2. The zero-order chi connectivity index (χ0) is 22.1. The Morgan fingerprint density at radius 2 is 2.16 bits per heavy atom. The van der Waals surface area contributed by atoms with Gasteiger partial charge in [0.1, 0.15) is 18.2 Å². The SMILES string of the molecule is C=C(C)/N=C\C(=C/C)c1nc2c(NC3CC(C(=O)O)N(C(=O)C4CC4)C3)ncnc2[nH]1. The van der Waals surface area contributed by atoms with Crippen molar-refractivity contribution in [1.29, 1.82) is 0 Å². The summed E-state index contributed by atoms with van der Waals surface area (Å²) in [5, 5.41) is 12.9. The van der Waals surface area contributed by atoms with Crippen LogP contribution in [-0.4, -0.2) is 66.7 Å². The second-order valence-electron chi connectivity index (χ2n) is 7.94. The number of carbonyl (C=O) groups is 2. The monoisotopic (exact) mass is 423 g/mol. The minimum atomic E-state index is -0.984. The van der Waals surface area contributed by atoms with Crippen molar-refractivity contribution in [3.05, 3.63) is 30.5 Å². The molecule has 1 aliphatic carbocycles. The van der Waals surface area contributed by atoms with Crippen LogP contribution >= 0.6 is 0 Å². The van der Waals surface area contributed by atoms with Crippen molar-refractivity contribution in [1.82, 2.24) is 24.8 Å².